The molecule has 0 amide bonds. The van der Waals surface area contributed by atoms with Crippen LogP contribution in [0.3, 0.4) is 0 Å². The fraction of sp³-hybridized carbons (Fsp3) is 0.718. The van der Waals surface area contributed by atoms with Gasteiger partial charge in [-0.2, -0.15) is 0 Å². The van der Waals surface area contributed by atoms with E-state index in [-0.39, 0.29) is 28.3 Å². The number of benzene rings is 1. The molecular formula is C39H56O3. The third-order valence-electron chi connectivity index (χ3n) is 14.9. The lowest BCUT2D eigenvalue weighted by molar-refractivity contribution is -0.249. The van der Waals surface area contributed by atoms with Gasteiger partial charge in [-0.15, -0.1) is 0 Å². The highest BCUT2D eigenvalue weighted by molar-refractivity contribution is 5.87. The largest absolute Gasteiger partial charge is 0.462 e. The normalized spacial score (nSPS) is 45.8. The minimum Gasteiger partial charge on any atom is -0.462 e. The van der Waals surface area contributed by atoms with Crippen LogP contribution in [0.15, 0.2) is 48.6 Å². The van der Waals surface area contributed by atoms with Gasteiger partial charge in [0, 0.05) is 11.5 Å². The van der Waals surface area contributed by atoms with Gasteiger partial charge in [0.2, 0.25) is 0 Å². The maximum atomic E-state index is 12.9. The van der Waals surface area contributed by atoms with Gasteiger partial charge in [0.15, 0.2) is 0 Å². The lowest BCUT2D eigenvalue weighted by Gasteiger charge is -2.73. The van der Waals surface area contributed by atoms with E-state index in [4.69, 9.17) is 4.74 Å². The number of fused-ring (bicyclic) bond motifs is 7. The number of carbonyl (C=O) groups is 1. The molecule has 230 valence electrons. The van der Waals surface area contributed by atoms with Crippen molar-refractivity contribution in [1.82, 2.24) is 0 Å². The Hall–Kier alpha value is -1.87. The predicted molar refractivity (Wildman–Crippen MR) is 171 cm³/mol. The van der Waals surface area contributed by atoms with Crippen molar-refractivity contribution >= 4 is 12.0 Å². The second-order valence-electron chi connectivity index (χ2n) is 16.8. The smallest absolute Gasteiger partial charge is 0.330 e. The van der Waals surface area contributed by atoms with E-state index in [2.05, 4.69) is 48.1 Å². The molecule has 42 heavy (non-hydrogen) atoms. The molecule has 0 spiro atoms. The maximum Gasteiger partial charge on any atom is 0.330 e. The van der Waals surface area contributed by atoms with Gasteiger partial charge in [0.25, 0.3) is 0 Å². The Morgan fingerprint density at radius 2 is 1.64 bits per heavy atom. The second-order valence-corrected chi connectivity index (χ2v) is 16.8. The highest BCUT2D eigenvalue weighted by Crippen LogP contribution is 2.77. The van der Waals surface area contributed by atoms with E-state index < -0.39 is 0 Å². The van der Waals surface area contributed by atoms with Gasteiger partial charge < -0.3 is 9.84 Å². The summed E-state index contributed by atoms with van der Waals surface area (Å²) in [5, 5.41) is 11.0. The molecule has 1 aromatic rings. The monoisotopic (exact) mass is 572 g/mol. The molecule has 5 aliphatic rings. The van der Waals surface area contributed by atoms with Crippen LogP contribution < -0.4 is 0 Å². The van der Waals surface area contributed by atoms with Crippen molar-refractivity contribution < 1.29 is 14.6 Å². The molecule has 0 bridgehead atoms. The van der Waals surface area contributed by atoms with Gasteiger partial charge in [-0.3, -0.25) is 0 Å². The topological polar surface area (TPSA) is 46.5 Å². The third-order valence-corrected chi connectivity index (χ3v) is 14.9. The Morgan fingerprint density at radius 3 is 2.36 bits per heavy atom. The number of hydrogen-bond acceptors (Lipinski definition) is 3. The summed E-state index contributed by atoms with van der Waals surface area (Å²) in [4.78, 5) is 12.9. The fourth-order valence-corrected chi connectivity index (χ4v) is 12.5. The molecule has 3 heteroatoms. The number of allylic oxidation sites excluding steroid dienone is 1. The summed E-state index contributed by atoms with van der Waals surface area (Å²) < 4.78 is 6.12. The van der Waals surface area contributed by atoms with Gasteiger partial charge >= 0.3 is 5.97 Å². The summed E-state index contributed by atoms with van der Waals surface area (Å²) in [6.07, 6.45) is 15.2. The first-order valence-corrected chi connectivity index (χ1v) is 17.0. The molecule has 1 aromatic carbocycles. The van der Waals surface area contributed by atoms with E-state index in [0.717, 1.165) is 31.2 Å². The van der Waals surface area contributed by atoms with Crippen molar-refractivity contribution in [1.29, 1.82) is 0 Å². The highest BCUT2D eigenvalue weighted by Gasteiger charge is 2.70. The Bertz CT molecular complexity index is 1230. The molecular weight excluding hydrogens is 516 g/mol. The Labute approximate surface area is 255 Å². The maximum absolute atomic E-state index is 12.9. The molecule has 0 aliphatic heterocycles. The van der Waals surface area contributed by atoms with E-state index in [1.807, 2.05) is 36.4 Å². The Morgan fingerprint density at radius 1 is 0.905 bits per heavy atom. The molecule has 0 heterocycles. The van der Waals surface area contributed by atoms with Crippen LogP contribution in [-0.2, 0) is 9.53 Å². The van der Waals surface area contributed by atoms with Crippen LogP contribution in [-0.4, -0.2) is 23.8 Å². The van der Waals surface area contributed by atoms with Crippen molar-refractivity contribution in [2.45, 2.75) is 112 Å². The lowest BCUT2D eigenvalue weighted by atomic mass is 9.32. The van der Waals surface area contributed by atoms with Crippen molar-refractivity contribution in [2.75, 3.05) is 6.61 Å². The Balaban J connectivity index is 1.27. The van der Waals surface area contributed by atoms with E-state index in [1.165, 1.54) is 44.1 Å². The molecule has 5 saturated carbocycles. The first-order chi connectivity index (χ1) is 19.8. The van der Waals surface area contributed by atoms with Crippen LogP contribution in [0.2, 0.25) is 0 Å². The lowest BCUT2D eigenvalue weighted by Crippen LogP contribution is -2.66. The number of esters is 1. The molecule has 3 nitrogen and oxygen atoms in total. The molecule has 0 aromatic heterocycles. The first kappa shape index (κ1) is 30.2. The summed E-state index contributed by atoms with van der Waals surface area (Å²) in [5.74, 6) is 2.76. The molecule has 6 rings (SSSR count). The van der Waals surface area contributed by atoms with Gasteiger partial charge in [-0.25, -0.2) is 4.79 Å². The number of rotatable bonds is 5. The zero-order valence-electron chi connectivity index (χ0n) is 27.3. The molecule has 5 fully saturated rings. The van der Waals surface area contributed by atoms with Gasteiger partial charge in [-0.05, 0) is 134 Å². The number of aliphatic hydroxyl groups excluding tert-OH is 1. The number of carbonyl (C=O) groups excluding carboxylic acids is 1. The fourth-order valence-electron chi connectivity index (χ4n) is 12.5. The van der Waals surface area contributed by atoms with Gasteiger partial charge in [0.1, 0.15) is 0 Å². The summed E-state index contributed by atoms with van der Waals surface area (Å²) in [6.45, 7) is 20.0. The SMILES string of the molecule is C=C(C)[C@@H]1CC[C@]2(COC(=O)C=Cc3ccccc3)CC[C@@]3(C)[C@H](CC[C@@H]4[C@@]5(C)CC[C@H](O)C(C)(C)[C@H]5CC[C@]43C)[C@@H]12. The van der Waals surface area contributed by atoms with Crippen LogP contribution in [0.4, 0.5) is 0 Å². The van der Waals surface area contributed by atoms with Crippen LogP contribution in [0.1, 0.15) is 111 Å². The summed E-state index contributed by atoms with van der Waals surface area (Å²) >= 11 is 0. The second kappa shape index (κ2) is 10.4. The van der Waals surface area contributed by atoms with Crippen LogP contribution in [0, 0.1) is 56.7 Å². The van der Waals surface area contributed by atoms with Crippen LogP contribution in [0.5, 0.6) is 0 Å². The van der Waals surface area contributed by atoms with Crippen molar-refractivity contribution in [3.63, 3.8) is 0 Å². The number of hydrogen-bond donors (Lipinski definition) is 1. The van der Waals surface area contributed by atoms with E-state index >= 15 is 0 Å². The summed E-state index contributed by atoms with van der Waals surface area (Å²) in [5.41, 5.74) is 3.26. The van der Waals surface area contributed by atoms with E-state index in [9.17, 15) is 9.90 Å². The zero-order chi connectivity index (χ0) is 30.1. The van der Waals surface area contributed by atoms with Crippen LogP contribution in [0.25, 0.3) is 6.08 Å². The zero-order valence-corrected chi connectivity index (χ0v) is 27.3. The van der Waals surface area contributed by atoms with E-state index in [0.29, 0.717) is 47.0 Å². The first-order valence-electron chi connectivity index (χ1n) is 17.0. The van der Waals surface area contributed by atoms with Gasteiger partial charge in [-0.1, -0.05) is 77.1 Å². The predicted octanol–water partition coefficient (Wildman–Crippen LogP) is 9.26. The summed E-state index contributed by atoms with van der Waals surface area (Å²) in [6, 6.07) is 9.99. The standard InChI is InChI=1S/C39H56O3/c1-26(2)28-17-22-39(25-42-33(41)16-13-27-11-9-8-10-12-27)24-23-37(6)29(34(28)39)14-15-31-36(5)20-19-32(40)35(3,4)30(36)18-21-38(31,37)7/h8-13,16,28-32,34,40H,1,14-15,17-25H2,2-7H3/t28-,29+,30+,31+,32-,34+,36-,37-,38+,39+/m0/s1. The minimum atomic E-state index is -0.219. The van der Waals surface area contributed by atoms with Crippen molar-refractivity contribution in [3.05, 3.63) is 54.1 Å². The average Bonchev–Trinajstić information content (AvgIpc) is 3.34. The molecule has 5 aliphatic carbocycles. The molecule has 0 radical (unpaired) electrons. The molecule has 0 saturated heterocycles. The highest BCUT2D eigenvalue weighted by atomic mass is 16.5. The molecule has 1 N–H and O–H groups in total. The van der Waals surface area contributed by atoms with Crippen molar-refractivity contribution in [2.24, 2.45) is 56.7 Å². The Kier molecular flexibility index (Phi) is 7.44. The summed E-state index contributed by atoms with van der Waals surface area (Å²) in [7, 11) is 0. The number of aliphatic hydroxyl groups is 1. The number of ether oxygens (including phenoxy) is 1. The average molecular weight is 573 g/mol. The molecule has 10 atom stereocenters. The van der Waals surface area contributed by atoms with Crippen molar-refractivity contribution in [3.8, 4) is 0 Å². The van der Waals surface area contributed by atoms with E-state index in [1.54, 1.807) is 6.08 Å². The quantitative estimate of drug-likeness (QED) is 0.217. The van der Waals surface area contributed by atoms with Crippen LogP contribution >= 0.6 is 0 Å². The third kappa shape index (κ3) is 4.33. The molecule has 0 unspecified atom stereocenters. The minimum absolute atomic E-state index is 0.0108. The van der Waals surface area contributed by atoms with Gasteiger partial charge in [0.05, 0.1) is 12.7 Å².